The maximum absolute atomic E-state index is 11.9. The number of hydrogen-bond acceptors (Lipinski definition) is 3. The van der Waals surface area contributed by atoms with Gasteiger partial charge in [-0.1, -0.05) is 36.8 Å². The number of aryl methyl sites for hydroxylation is 1. The first-order valence-electron chi connectivity index (χ1n) is 6.13. The molecular weight excluding hydrogens is 264 g/mol. The summed E-state index contributed by atoms with van der Waals surface area (Å²) in [6, 6.07) is 7.07. The molecule has 0 heterocycles. The maximum atomic E-state index is 11.9. The average Bonchev–Trinajstić information content (AvgIpc) is 2.36. The number of methoxy groups -OCH3 is 1. The lowest BCUT2D eigenvalue weighted by Crippen LogP contribution is -2.37. The standard InChI is InChI=1S/C14H22N2O2.ClH/c1-10-4-6-12(7-5-10)13(15)14(17)16-8-11(2)9-18-3;/h4-7,11,13H,8-9,15H2,1-3H3,(H,16,17);1H. The Morgan fingerprint density at radius 1 is 1.37 bits per heavy atom. The van der Waals surface area contributed by atoms with Crippen LogP contribution in [-0.4, -0.2) is 26.2 Å². The van der Waals surface area contributed by atoms with Crippen molar-refractivity contribution >= 4 is 18.3 Å². The smallest absolute Gasteiger partial charge is 0.241 e. The summed E-state index contributed by atoms with van der Waals surface area (Å²) in [6.07, 6.45) is 0. The van der Waals surface area contributed by atoms with E-state index in [2.05, 4.69) is 5.32 Å². The highest BCUT2D eigenvalue weighted by Gasteiger charge is 2.15. The summed E-state index contributed by atoms with van der Waals surface area (Å²) < 4.78 is 5.01. The van der Waals surface area contributed by atoms with Crippen molar-refractivity contribution < 1.29 is 9.53 Å². The summed E-state index contributed by atoms with van der Waals surface area (Å²) in [5, 5.41) is 2.84. The van der Waals surface area contributed by atoms with Crippen LogP contribution in [0.4, 0.5) is 0 Å². The van der Waals surface area contributed by atoms with Crippen LogP contribution in [0.25, 0.3) is 0 Å². The fourth-order valence-electron chi connectivity index (χ4n) is 1.65. The van der Waals surface area contributed by atoms with Crippen LogP contribution >= 0.6 is 12.4 Å². The molecule has 0 aliphatic rings. The molecule has 1 aromatic carbocycles. The van der Waals surface area contributed by atoms with Gasteiger partial charge in [-0.05, 0) is 18.4 Å². The van der Waals surface area contributed by atoms with Crippen molar-refractivity contribution in [1.82, 2.24) is 5.32 Å². The van der Waals surface area contributed by atoms with Crippen LogP contribution in [0.5, 0.6) is 0 Å². The number of nitrogens with two attached hydrogens (primary N) is 1. The molecule has 108 valence electrons. The highest BCUT2D eigenvalue weighted by molar-refractivity contribution is 5.85. The van der Waals surface area contributed by atoms with Crippen molar-refractivity contribution in [2.75, 3.05) is 20.3 Å². The van der Waals surface area contributed by atoms with E-state index in [1.807, 2.05) is 38.1 Å². The van der Waals surface area contributed by atoms with E-state index in [9.17, 15) is 4.79 Å². The van der Waals surface area contributed by atoms with Gasteiger partial charge in [0.15, 0.2) is 0 Å². The van der Waals surface area contributed by atoms with E-state index in [1.165, 1.54) is 0 Å². The van der Waals surface area contributed by atoms with Crippen LogP contribution in [0.2, 0.25) is 0 Å². The minimum atomic E-state index is -0.611. The summed E-state index contributed by atoms with van der Waals surface area (Å²) in [5.74, 6) is 0.131. The normalized spacial score (nSPS) is 13.3. The van der Waals surface area contributed by atoms with E-state index in [0.717, 1.165) is 11.1 Å². The Morgan fingerprint density at radius 2 is 1.95 bits per heavy atom. The molecule has 5 heteroatoms. The predicted molar refractivity (Wildman–Crippen MR) is 79.4 cm³/mol. The molecule has 0 saturated carbocycles. The van der Waals surface area contributed by atoms with Gasteiger partial charge in [-0.15, -0.1) is 12.4 Å². The zero-order chi connectivity index (χ0) is 13.5. The molecule has 0 spiro atoms. The Bertz CT molecular complexity index is 382. The van der Waals surface area contributed by atoms with Crippen molar-refractivity contribution in [3.05, 3.63) is 35.4 Å². The van der Waals surface area contributed by atoms with Crippen LogP contribution < -0.4 is 11.1 Å². The zero-order valence-electron chi connectivity index (χ0n) is 11.7. The first-order valence-corrected chi connectivity index (χ1v) is 6.13. The van der Waals surface area contributed by atoms with Crippen LogP contribution in [0, 0.1) is 12.8 Å². The summed E-state index contributed by atoms with van der Waals surface area (Å²) in [6.45, 7) is 5.22. The first-order chi connectivity index (χ1) is 8.54. The molecule has 0 aliphatic carbocycles. The molecule has 1 amide bonds. The Labute approximate surface area is 121 Å². The molecule has 4 nitrogen and oxygen atoms in total. The molecule has 0 aliphatic heterocycles. The average molecular weight is 287 g/mol. The van der Waals surface area contributed by atoms with Gasteiger partial charge in [-0.25, -0.2) is 0 Å². The minimum Gasteiger partial charge on any atom is -0.384 e. The number of benzene rings is 1. The Kier molecular flexibility index (Phi) is 8.39. The number of carbonyl (C=O) groups excluding carboxylic acids is 1. The number of halogens is 1. The molecule has 0 radical (unpaired) electrons. The lowest BCUT2D eigenvalue weighted by Gasteiger charge is -2.15. The number of rotatable bonds is 6. The SMILES string of the molecule is COCC(C)CNC(=O)C(N)c1ccc(C)cc1.Cl. The molecule has 0 aromatic heterocycles. The zero-order valence-corrected chi connectivity index (χ0v) is 12.5. The molecule has 0 fully saturated rings. The lowest BCUT2D eigenvalue weighted by atomic mass is 10.1. The van der Waals surface area contributed by atoms with Crippen molar-refractivity contribution in [1.29, 1.82) is 0 Å². The van der Waals surface area contributed by atoms with Crippen molar-refractivity contribution in [3.8, 4) is 0 Å². The van der Waals surface area contributed by atoms with Crippen LogP contribution in [0.15, 0.2) is 24.3 Å². The van der Waals surface area contributed by atoms with E-state index >= 15 is 0 Å². The summed E-state index contributed by atoms with van der Waals surface area (Å²) in [4.78, 5) is 11.9. The van der Waals surface area contributed by atoms with Crippen molar-refractivity contribution in [3.63, 3.8) is 0 Å². The highest BCUT2D eigenvalue weighted by Crippen LogP contribution is 2.11. The monoisotopic (exact) mass is 286 g/mol. The minimum absolute atomic E-state index is 0. The quantitative estimate of drug-likeness (QED) is 0.838. The molecule has 3 N–H and O–H groups in total. The summed E-state index contributed by atoms with van der Waals surface area (Å²) in [5.41, 5.74) is 7.89. The lowest BCUT2D eigenvalue weighted by molar-refractivity contribution is -0.122. The van der Waals surface area contributed by atoms with Crippen LogP contribution in [0.1, 0.15) is 24.1 Å². The molecule has 1 aromatic rings. The van der Waals surface area contributed by atoms with Crippen molar-refractivity contribution in [2.45, 2.75) is 19.9 Å². The molecule has 19 heavy (non-hydrogen) atoms. The van der Waals surface area contributed by atoms with E-state index in [-0.39, 0.29) is 24.2 Å². The van der Waals surface area contributed by atoms with Gasteiger partial charge in [0.05, 0.1) is 6.61 Å². The van der Waals surface area contributed by atoms with E-state index in [4.69, 9.17) is 10.5 Å². The Balaban J connectivity index is 0.00000324. The summed E-state index contributed by atoms with van der Waals surface area (Å²) in [7, 11) is 1.65. The Morgan fingerprint density at radius 3 is 2.47 bits per heavy atom. The first kappa shape index (κ1) is 17.9. The molecule has 0 bridgehead atoms. The van der Waals surface area contributed by atoms with Gasteiger partial charge in [-0.3, -0.25) is 4.79 Å². The topological polar surface area (TPSA) is 64.3 Å². The van der Waals surface area contributed by atoms with Crippen LogP contribution in [-0.2, 0) is 9.53 Å². The number of amides is 1. The van der Waals surface area contributed by atoms with Gasteiger partial charge in [0.2, 0.25) is 5.91 Å². The van der Waals surface area contributed by atoms with E-state index in [0.29, 0.717) is 13.2 Å². The predicted octanol–water partition coefficient (Wildman–Crippen LogP) is 1.82. The van der Waals surface area contributed by atoms with E-state index in [1.54, 1.807) is 7.11 Å². The molecular formula is C14H23ClN2O2. The van der Waals surface area contributed by atoms with Gasteiger partial charge in [0.1, 0.15) is 6.04 Å². The number of carbonyl (C=O) groups is 1. The fourth-order valence-corrected chi connectivity index (χ4v) is 1.65. The van der Waals surface area contributed by atoms with Gasteiger partial charge in [0.25, 0.3) is 0 Å². The van der Waals surface area contributed by atoms with Crippen molar-refractivity contribution in [2.24, 2.45) is 11.7 Å². The second kappa shape index (κ2) is 8.91. The fraction of sp³-hybridized carbons (Fsp3) is 0.500. The van der Waals surface area contributed by atoms with Gasteiger partial charge in [0, 0.05) is 13.7 Å². The molecule has 2 unspecified atom stereocenters. The molecule has 2 atom stereocenters. The largest absolute Gasteiger partial charge is 0.384 e. The molecule has 0 saturated heterocycles. The third-order valence-corrected chi connectivity index (χ3v) is 2.79. The second-order valence-corrected chi connectivity index (χ2v) is 4.69. The third-order valence-electron chi connectivity index (χ3n) is 2.79. The number of hydrogen-bond donors (Lipinski definition) is 2. The maximum Gasteiger partial charge on any atom is 0.241 e. The Hall–Kier alpha value is -1.10. The third kappa shape index (κ3) is 6.05. The van der Waals surface area contributed by atoms with Gasteiger partial charge >= 0.3 is 0 Å². The number of nitrogens with one attached hydrogen (secondary N) is 1. The van der Waals surface area contributed by atoms with Gasteiger partial charge < -0.3 is 15.8 Å². The van der Waals surface area contributed by atoms with Gasteiger partial charge in [-0.2, -0.15) is 0 Å². The highest BCUT2D eigenvalue weighted by atomic mass is 35.5. The number of ether oxygens (including phenoxy) is 1. The van der Waals surface area contributed by atoms with E-state index < -0.39 is 6.04 Å². The summed E-state index contributed by atoms with van der Waals surface area (Å²) >= 11 is 0. The molecule has 1 rings (SSSR count). The second-order valence-electron chi connectivity index (χ2n) is 4.69. The van der Waals surface area contributed by atoms with Crippen LogP contribution in [0.3, 0.4) is 0 Å².